The number of benzene rings is 1. The predicted octanol–water partition coefficient (Wildman–Crippen LogP) is 3.93. The summed E-state index contributed by atoms with van der Waals surface area (Å²) in [6.07, 6.45) is 2.04. The van der Waals surface area contributed by atoms with Crippen LogP contribution in [0.3, 0.4) is 0 Å². The van der Waals surface area contributed by atoms with Crippen LogP contribution in [0.1, 0.15) is 31.4 Å². The summed E-state index contributed by atoms with van der Waals surface area (Å²) in [6, 6.07) is 3.59. The van der Waals surface area contributed by atoms with E-state index >= 15 is 0 Å². The molecule has 1 N–H and O–H groups in total. The Hall–Kier alpha value is -1.48. The zero-order valence-electron chi connectivity index (χ0n) is 10.8. The Morgan fingerprint density at radius 3 is 2.72 bits per heavy atom. The first kappa shape index (κ1) is 14.6. The van der Waals surface area contributed by atoms with Gasteiger partial charge in [0.05, 0.1) is 6.61 Å². The summed E-state index contributed by atoms with van der Waals surface area (Å²) in [5, 5.41) is 9.39. The zero-order valence-corrected chi connectivity index (χ0v) is 11.5. The highest BCUT2D eigenvalue weighted by Crippen LogP contribution is 2.31. The minimum atomic E-state index is -0.981. The van der Waals surface area contributed by atoms with Crippen LogP contribution in [0, 0.1) is 6.92 Å². The summed E-state index contributed by atoms with van der Waals surface area (Å²) < 4.78 is 5.63. The van der Waals surface area contributed by atoms with Crippen LogP contribution >= 0.6 is 11.6 Å². The number of carboxylic acid groups (broad SMARTS) is 1. The van der Waals surface area contributed by atoms with Gasteiger partial charge in [-0.25, -0.2) is 4.79 Å². The van der Waals surface area contributed by atoms with Crippen LogP contribution in [0.5, 0.6) is 5.75 Å². The maximum Gasteiger partial charge on any atom is 0.328 e. The maximum atomic E-state index is 10.7. The Bertz CT molecular complexity index is 478. The van der Waals surface area contributed by atoms with Crippen LogP contribution in [0.15, 0.2) is 18.2 Å². The van der Waals surface area contributed by atoms with E-state index in [0.717, 1.165) is 23.6 Å². The lowest BCUT2D eigenvalue weighted by Gasteiger charge is -2.13. The van der Waals surface area contributed by atoms with Gasteiger partial charge >= 0.3 is 5.97 Å². The third-order valence-corrected chi connectivity index (χ3v) is 2.89. The molecule has 0 aliphatic carbocycles. The van der Waals surface area contributed by atoms with E-state index in [1.54, 1.807) is 13.0 Å². The van der Waals surface area contributed by atoms with Crippen molar-refractivity contribution < 1.29 is 14.6 Å². The highest BCUT2D eigenvalue weighted by Gasteiger charge is 2.10. The Morgan fingerprint density at radius 2 is 2.17 bits per heavy atom. The largest absolute Gasteiger partial charge is 0.493 e. The fraction of sp³-hybridized carbons (Fsp3) is 0.357. The fourth-order valence-corrected chi connectivity index (χ4v) is 1.72. The van der Waals surface area contributed by atoms with Crippen molar-refractivity contribution >= 4 is 23.1 Å². The number of carbonyl (C=O) groups is 1. The average molecular weight is 269 g/mol. The Balaban J connectivity index is 3.22. The van der Waals surface area contributed by atoms with Crippen LogP contribution in [-0.2, 0) is 4.79 Å². The van der Waals surface area contributed by atoms with Crippen LogP contribution in [0.2, 0.25) is 5.02 Å². The van der Waals surface area contributed by atoms with Crippen molar-refractivity contribution in [3.8, 4) is 5.75 Å². The van der Waals surface area contributed by atoms with Crippen LogP contribution in [0.25, 0.3) is 5.57 Å². The van der Waals surface area contributed by atoms with Crippen molar-refractivity contribution in [2.75, 3.05) is 6.61 Å². The molecule has 0 saturated heterocycles. The van der Waals surface area contributed by atoms with E-state index in [1.807, 2.05) is 19.9 Å². The number of ether oxygens (including phenoxy) is 1. The Labute approximate surface area is 112 Å². The van der Waals surface area contributed by atoms with Gasteiger partial charge in [0.2, 0.25) is 0 Å². The van der Waals surface area contributed by atoms with Gasteiger partial charge in [0, 0.05) is 16.7 Å². The first-order valence-electron chi connectivity index (χ1n) is 5.80. The second-order valence-electron chi connectivity index (χ2n) is 4.11. The summed E-state index contributed by atoms with van der Waals surface area (Å²) in [6.45, 7) is 6.23. The van der Waals surface area contributed by atoms with Crippen LogP contribution < -0.4 is 4.74 Å². The van der Waals surface area contributed by atoms with E-state index in [0.29, 0.717) is 23.0 Å². The summed E-state index contributed by atoms with van der Waals surface area (Å²) in [5.41, 5.74) is 2.26. The molecule has 1 rings (SSSR count). The molecule has 4 heteroatoms. The van der Waals surface area contributed by atoms with E-state index < -0.39 is 5.97 Å². The molecule has 0 amide bonds. The lowest BCUT2D eigenvalue weighted by atomic mass is 10.0. The highest BCUT2D eigenvalue weighted by atomic mass is 35.5. The molecule has 3 nitrogen and oxygen atoms in total. The Kier molecular flexibility index (Phi) is 5.23. The molecule has 0 aromatic heterocycles. The number of allylic oxidation sites excluding steroid dienone is 1. The number of aliphatic carboxylic acids is 1. The molecule has 0 radical (unpaired) electrons. The number of hydrogen-bond acceptors (Lipinski definition) is 2. The lowest BCUT2D eigenvalue weighted by Crippen LogP contribution is -2.00. The summed E-state index contributed by atoms with van der Waals surface area (Å²) >= 11 is 6.07. The SMILES string of the molecule is CCCOc1cc(C)c(Cl)cc1/C(C)=C/C(=O)O. The maximum absolute atomic E-state index is 10.7. The smallest absolute Gasteiger partial charge is 0.328 e. The predicted molar refractivity (Wildman–Crippen MR) is 73.3 cm³/mol. The molecule has 98 valence electrons. The van der Waals surface area contributed by atoms with Crippen molar-refractivity contribution in [3.63, 3.8) is 0 Å². The van der Waals surface area contributed by atoms with Crippen molar-refractivity contribution in [3.05, 3.63) is 34.4 Å². The van der Waals surface area contributed by atoms with Crippen molar-refractivity contribution in [2.24, 2.45) is 0 Å². The highest BCUT2D eigenvalue weighted by molar-refractivity contribution is 6.31. The zero-order chi connectivity index (χ0) is 13.7. The Morgan fingerprint density at radius 1 is 1.50 bits per heavy atom. The molecule has 0 aliphatic heterocycles. The monoisotopic (exact) mass is 268 g/mol. The molecule has 0 saturated carbocycles. The molecule has 0 spiro atoms. The van der Waals surface area contributed by atoms with Gasteiger partial charge in [0.1, 0.15) is 5.75 Å². The minimum Gasteiger partial charge on any atom is -0.493 e. The van der Waals surface area contributed by atoms with Gasteiger partial charge in [-0.2, -0.15) is 0 Å². The number of carboxylic acids is 1. The standard InChI is InChI=1S/C14H17ClO3/c1-4-5-18-13-6-10(3)12(15)8-11(13)9(2)7-14(16)17/h6-8H,4-5H2,1-3H3,(H,16,17)/b9-7+. The molecule has 0 heterocycles. The number of halogens is 1. The molecule has 0 fully saturated rings. The summed E-state index contributed by atoms with van der Waals surface area (Å²) in [5.74, 6) is -0.306. The molecular weight excluding hydrogens is 252 g/mol. The quantitative estimate of drug-likeness (QED) is 0.823. The van der Waals surface area contributed by atoms with E-state index in [-0.39, 0.29) is 0 Å². The van der Waals surface area contributed by atoms with Gasteiger partial charge in [-0.3, -0.25) is 0 Å². The molecule has 1 aromatic carbocycles. The third kappa shape index (κ3) is 3.77. The molecule has 0 bridgehead atoms. The first-order chi connectivity index (χ1) is 8.45. The molecule has 18 heavy (non-hydrogen) atoms. The van der Waals surface area contributed by atoms with Gasteiger partial charge in [-0.1, -0.05) is 18.5 Å². The van der Waals surface area contributed by atoms with Crippen molar-refractivity contribution in [1.29, 1.82) is 0 Å². The van der Waals surface area contributed by atoms with E-state index in [2.05, 4.69) is 0 Å². The van der Waals surface area contributed by atoms with Gasteiger partial charge in [-0.15, -0.1) is 0 Å². The topological polar surface area (TPSA) is 46.5 Å². The van der Waals surface area contributed by atoms with Gasteiger partial charge in [0.15, 0.2) is 0 Å². The van der Waals surface area contributed by atoms with Gasteiger partial charge in [0.25, 0.3) is 0 Å². The van der Waals surface area contributed by atoms with Gasteiger partial charge in [-0.05, 0) is 43.5 Å². The fourth-order valence-electron chi connectivity index (χ4n) is 1.56. The second kappa shape index (κ2) is 6.45. The van der Waals surface area contributed by atoms with Gasteiger partial charge < -0.3 is 9.84 Å². The van der Waals surface area contributed by atoms with E-state index in [9.17, 15) is 4.79 Å². The molecule has 0 unspecified atom stereocenters. The molecule has 1 aromatic rings. The lowest BCUT2D eigenvalue weighted by molar-refractivity contribution is -0.131. The van der Waals surface area contributed by atoms with Crippen LogP contribution in [-0.4, -0.2) is 17.7 Å². The minimum absolute atomic E-state index is 0.592. The second-order valence-corrected chi connectivity index (χ2v) is 4.52. The van der Waals surface area contributed by atoms with Crippen molar-refractivity contribution in [1.82, 2.24) is 0 Å². The average Bonchev–Trinajstić information content (AvgIpc) is 2.29. The number of hydrogen-bond donors (Lipinski definition) is 1. The molecule has 0 aliphatic rings. The van der Waals surface area contributed by atoms with E-state index in [4.69, 9.17) is 21.4 Å². The van der Waals surface area contributed by atoms with E-state index in [1.165, 1.54) is 0 Å². The third-order valence-electron chi connectivity index (χ3n) is 2.49. The number of rotatable bonds is 5. The molecule has 0 atom stereocenters. The number of aryl methyl sites for hydroxylation is 1. The van der Waals surface area contributed by atoms with Crippen LogP contribution in [0.4, 0.5) is 0 Å². The normalized spacial score (nSPS) is 11.4. The molecular formula is C14H17ClO3. The summed E-state index contributed by atoms with van der Waals surface area (Å²) in [7, 11) is 0. The summed E-state index contributed by atoms with van der Waals surface area (Å²) in [4.78, 5) is 10.7. The first-order valence-corrected chi connectivity index (χ1v) is 6.18. The van der Waals surface area contributed by atoms with Crippen molar-refractivity contribution in [2.45, 2.75) is 27.2 Å².